The molecular formula is C13H14BrN3O. The number of rotatable bonds is 2. The third-order valence-electron chi connectivity index (χ3n) is 3.31. The summed E-state index contributed by atoms with van der Waals surface area (Å²) in [4.78, 5) is 4.27. The van der Waals surface area contributed by atoms with Crippen molar-refractivity contribution in [2.45, 2.75) is 32.2 Å². The summed E-state index contributed by atoms with van der Waals surface area (Å²) in [6.07, 6.45) is 4.80. The normalized spacial score (nSPS) is 14.6. The van der Waals surface area contributed by atoms with Crippen LogP contribution < -0.4 is 5.73 Å². The Bertz CT molecular complexity index is 580. The maximum Gasteiger partial charge on any atom is 0.240 e. The lowest BCUT2D eigenvalue weighted by atomic mass is 9.90. The van der Waals surface area contributed by atoms with Crippen LogP contribution in [0.15, 0.2) is 21.1 Å². The lowest BCUT2D eigenvalue weighted by Crippen LogP contribution is -2.04. The molecule has 0 fully saturated rings. The number of benzene rings is 1. The minimum Gasteiger partial charge on any atom is -0.338 e. The number of fused-ring (bicyclic) bond motifs is 1. The Kier molecular flexibility index (Phi) is 3.18. The van der Waals surface area contributed by atoms with Crippen molar-refractivity contribution in [2.24, 2.45) is 5.73 Å². The minimum atomic E-state index is 0.277. The van der Waals surface area contributed by atoms with E-state index in [9.17, 15) is 0 Å². The number of halogens is 1. The molecular weight excluding hydrogens is 294 g/mol. The Labute approximate surface area is 114 Å². The van der Waals surface area contributed by atoms with E-state index in [1.807, 2.05) is 0 Å². The van der Waals surface area contributed by atoms with E-state index in [4.69, 9.17) is 10.3 Å². The van der Waals surface area contributed by atoms with Gasteiger partial charge in [0, 0.05) is 10.0 Å². The lowest BCUT2D eigenvalue weighted by Gasteiger charge is -2.17. The van der Waals surface area contributed by atoms with Gasteiger partial charge in [-0.3, -0.25) is 0 Å². The largest absolute Gasteiger partial charge is 0.338 e. The third kappa shape index (κ3) is 2.08. The molecule has 0 aliphatic heterocycles. The van der Waals surface area contributed by atoms with Crippen LogP contribution in [0.3, 0.4) is 0 Å². The van der Waals surface area contributed by atoms with Crippen molar-refractivity contribution in [3.8, 4) is 11.4 Å². The molecule has 94 valence electrons. The minimum absolute atomic E-state index is 0.277. The van der Waals surface area contributed by atoms with Gasteiger partial charge in [0.2, 0.25) is 11.7 Å². The molecule has 1 aliphatic carbocycles. The van der Waals surface area contributed by atoms with Gasteiger partial charge < -0.3 is 10.3 Å². The Morgan fingerprint density at radius 1 is 1.28 bits per heavy atom. The van der Waals surface area contributed by atoms with E-state index in [1.165, 1.54) is 24.0 Å². The van der Waals surface area contributed by atoms with Gasteiger partial charge in [-0.1, -0.05) is 21.1 Å². The first-order chi connectivity index (χ1) is 8.78. The Balaban J connectivity index is 2.04. The van der Waals surface area contributed by atoms with E-state index in [0.717, 1.165) is 22.9 Å². The fourth-order valence-electron chi connectivity index (χ4n) is 2.40. The summed E-state index contributed by atoms with van der Waals surface area (Å²) in [5.41, 5.74) is 9.29. The zero-order valence-corrected chi connectivity index (χ0v) is 11.5. The maximum absolute atomic E-state index is 5.48. The fraction of sp³-hybridized carbons (Fsp3) is 0.385. The van der Waals surface area contributed by atoms with Crippen molar-refractivity contribution in [2.75, 3.05) is 0 Å². The fourth-order valence-corrected chi connectivity index (χ4v) is 3.10. The van der Waals surface area contributed by atoms with Crippen LogP contribution in [0.2, 0.25) is 0 Å². The molecule has 2 N–H and O–H groups in total. The predicted molar refractivity (Wildman–Crippen MR) is 72.0 cm³/mol. The van der Waals surface area contributed by atoms with Crippen LogP contribution >= 0.6 is 15.9 Å². The van der Waals surface area contributed by atoms with E-state index < -0.39 is 0 Å². The van der Waals surface area contributed by atoms with Gasteiger partial charge in [0.25, 0.3) is 0 Å². The van der Waals surface area contributed by atoms with Gasteiger partial charge in [0.1, 0.15) is 0 Å². The summed E-state index contributed by atoms with van der Waals surface area (Å²) in [7, 11) is 0. The average Bonchev–Trinajstić information content (AvgIpc) is 2.87. The molecule has 0 saturated heterocycles. The second-order valence-electron chi connectivity index (χ2n) is 4.52. The summed E-state index contributed by atoms with van der Waals surface area (Å²) >= 11 is 3.64. The van der Waals surface area contributed by atoms with Crippen molar-refractivity contribution < 1.29 is 4.52 Å². The maximum atomic E-state index is 5.48. The molecule has 4 nitrogen and oxygen atoms in total. The zero-order valence-electron chi connectivity index (χ0n) is 9.95. The molecule has 1 aromatic heterocycles. The van der Waals surface area contributed by atoms with Crippen molar-refractivity contribution in [3.63, 3.8) is 0 Å². The smallest absolute Gasteiger partial charge is 0.240 e. The van der Waals surface area contributed by atoms with E-state index in [-0.39, 0.29) is 6.54 Å². The standard InChI is InChI=1S/C13H14BrN3O/c14-11-6-9(13-16-12(7-15)18-17-13)5-8-3-1-2-4-10(8)11/h5-6H,1-4,7,15H2. The molecule has 0 radical (unpaired) electrons. The molecule has 1 aromatic carbocycles. The summed E-state index contributed by atoms with van der Waals surface area (Å²) < 4.78 is 6.20. The Hall–Kier alpha value is -1.20. The molecule has 18 heavy (non-hydrogen) atoms. The SMILES string of the molecule is NCc1nc(-c2cc(Br)c3c(c2)CCCC3)no1. The number of hydrogen-bond acceptors (Lipinski definition) is 4. The number of aryl methyl sites for hydroxylation is 1. The first-order valence-electron chi connectivity index (χ1n) is 6.12. The highest BCUT2D eigenvalue weighted by molar-refractivity contribution is 9.10. The van der Waals surface area contributed by atoms with Gasteiger partial charge in [0.15, 0.2) is 0 Å². The second kappa shape index (κ2) is 4.82. The number of aromatic nitrogens is 2. The van der Waals surface area contributed by atoms with Crippen LogP contribution in [0, 0.1) is 0 Å². The van der Waals surface area contributed by atoms with Gasteiger partial charge in [-0.25, -0.2) is 0 Å². The first-order valence-corrected chi connectivity index (χ1v) is 6.91. The quantitative estimate of drug-likeness (QED) is 0.926. The van der Waals surface area contributed by atoms with Crippen LogP contribution in [0.4, 0.5) is 0 Å². The average molecular weight is 308 g/mol. The van der Waals surface area contributed by atoms with Crippen LogP contribution in [-0.4, -0.2) is 10.1 Å². The van der Waals surface area contributed by atoms with Gasteiger partial charge in [0.05, 0.1) is 6.54 Å². The van der Waals surface area contributed by atoms with E-state index in [0.29, 0.717) is 11.7 Å². The van der Waals surface area contributed by atoms with Gasteiger partial charge in [-0.15, -0.1) is 0 Å². The van der Waals surface area contributed by atoms with Crippen molar-refractivity contribution in [3.05, 3.63) is 33.6 Å². The number of hydrogen-bond donors (Lipinski definition) is 1. The molecule has 0 saturated carbocycles. The molecule has 2 aromatic rings. The Morgan fingerprint density at radius 3 is 2.89 bits per heavy atom. The highest BCUT2D eigenvalue weighted by atomic mass is 79.9. The molecule has 0 unspecified atom stereocenters. The number of nitrogens with two attached hydrogens (primary N) is 1. The predicted octanol–water partition coefficient (Wildman–Crippen LogP) is 2.84. The van der Waals surface area contributed by atoms with Crippen LogP contribution in [0.1, 0.15) is 29.9 Å². The topological polar surface area (TPSA) is 64.9 Å². The summed E-state index contributed by atoms with van der Waals surface area (Å²) in [5.74, 6) is 1.09. The lowest BCUT2D eigenvalue weighted by molar-refractivity contribution is 0.380. The molecule has 5 heteroatoms. The van der Waals surface area contributed by atoms with Crippen molar-refractivity contribution in [1.82, 2.24) is 10.1 Å². The molecule has 3 rings (SSSR count). The number of nitrogens with zero attached hydrogens (tertiary/aromatic N) is 2. The molecule has 0 atom stereocenters. The second-order valence-corrected chi connectivity index (χ2v) is 5.37. The molecule has 1 heterocycles. The van der Waals surface area contributed by atoms with Gasteiger partial charge in [-0.2, -0.15) is 4.98 Å². The Morgan fingerprint density at radius 2 is 2.11 bits per heavy atom. The first kappa shape index (κ1) is 11.9. The monoisotopic (exact) mass is 307 g/mol. The molecule has 0 bridgehead atoms. The third-order valence-corrected chi connectivity index (χ3v) is 4.02. The molecule has 0 amide bonds. The van der Waals surface area contributed by atoms with Crippen LogP contribution in [-0.2, 0) is 19.4 Å². The van der Waals surface area contributed by atoms with Crippen molar-refractivity contribution >= 4 is 15.9 Å². The highest BCUT2D eigenvalue weighted by Crippen LogP contribution is 2.32. The van der Waals surface area contributed by atoms with E-state index in [2.05, 4.69) is 38.2 Å². The highest BCUT2D eigenvalue weighted by Gasteiger charge is 2.16. The molecule has 1 aliphatic rings. The van der Waals surface area contributed by atoms with Gasteiger partial charge in [-0.05, 0) is 48.9 Å². The summed E-state index contributed by atoms with van der Waals surface area (Å²) in [6.45, 7) is 0.277. The van der Waals surface area contributed by atoms with Crippen LogP contribution in [0.5, 0.6) is 0 Å². The molecule has 0 spiro atoms. The van der Waals surface area contributed by atoms with E-state index >= 15 is 0 Å². The summed E-state index contributed by atoms with van der Waals surface area (Å²) in [6, 6.07) is 4.24. The summed E-state index contributed by atoms with van der Waals surface area (Å²) in [5, 5.41) is 3.96. The van der Waals surface area contributed by atoms with Crippen molar-refractivity contribution in [1.29, 1.82) is 0 Å². The van der Waals surface area contributed by atoms with Crippen LogP contribution in [0.25, 0.3) is 11.4 Å². The van der Waals surface area contributed by atoms with Gasteiger partial charge >= 0.3 is 0 Å². The zero-order chi connectivity index (χ0) is 12.5. The van der Waals surface area contributed by atoms with E-state index in [1.54, 1.807) is 0 Å².